The van der Waals surface area contributed by atoms with Gasteiger partial charge < -0.3 is 9.64 Å². The second-order valence-corrected chi connectivity index (χ2v) is 8.07. The van der Waals surface area contributed by atoms with Gasteiger partial charge in [0.25, 0.3) is 0 Å². The van der Waals surface area contributed by atoms with Crippen molar-refractivity contribution in [3.05, 3.63) is 34.3 Å². The summed E-state index contributed by atoms with van der Waals surface area (Å²) in [4.78, 5) is 16.6. The van der Waals surface area contributed by atoms with Gasteiger partial charge in [-0.1, -0.05) is 34.1 Å². The lowest BCUT2D eigenvalue weighted by molar-refractivity contribution is -0.00352. The standard InChI is InChI=1S/C18H27BrN2O2/c1-13-12-20(14(2)15-8-6-7-9-16(15)19)10-11-21(13)17(22)23-18(3,4)5/h6-9,13-14H,10-12H2,1-5H3/t13-,14?/m1/s1. The Morgan fingerprint density at radius 3 is 2.52 bits per heavy atom. The highest BCUT2D eigenvalue weighted by Crippen LogP contribution is 2.29. The molecule has 0 radical (unpaired) electrons. The first-order valence-electron chi connectivity index (χ1n) is 8.17. The summed E-state index contributed by atoms with van der Waals surface area (Å²) in [5.74, 6) is 0. The fourth-order valence-corrected chi connectivity index (χ4v) is 3.56. The van der Waals surface area contributed by atoms with Gasteiger partial charge in [0.2, 0.25) is 0 Å². The monoisotopic (exact) mass is 382 g/mol. The van der Waals surface area contributed by atoms with Crippen molar-refractivity contribution in [3.8, 4) is 0 Å². The minimum absolute atomic E-state index is 0.142. The van der Waals surface area contributed by atoms with Gasteiger partial charge in [0.1, 0.15) is 5.60 Å². The Morgan fingerprint density at radius 1 is 1.30 bits per heavy atom. The SMILES string of the molecule is CC(c1ccccc1Br)N1CCN(C(=O)OC(C)(C)C)[C@H](C)C1. The smallest absolute Gasteiger partial charge is 0.410 e. The zero-order valence-electron chi connectivity index (χ0n) is 14.7. The Labute approximate surface area is 147 Å². The normalized spacial score (nSPS) is 21.1. The van der Waals surface area contributed by atoms with Crippen LogP contribution in [0, 0.1) is 0 Å². The Morgan fingerprint density at radius 2 is 1.96 bits per heavy atom. The molecule has 1 fully saturated rings. The quantitative estimate of drug-likeness (QED) is 0.757. The molecule has 1 heterocycles. The summed E-state index contributed by atoms with van der Waals surface area (Å²) in [5, 5.41) is 0. The molecule has 0 saturated carbocycles. The topological polar surface area (TPSA) is 32.8 Å². The number of rotatable bonds is 2. The van der Waals surface area contributed by atoms with Crippen LogP contribution in [0.1, 0.15) is 46.2 Å². The van der Waals surface area contributed by atoms with E-state index in [1.54, 1.807) is 0 Å². The van der Waals surface area contributed by atoms with E-state index in [-0.39, 0.29) is 12.1 Å². The van der Waals surface area contributed by atoms with Gasteiger partial charge in [0.15, 0.2) is 0 Å². The summed E-state index contributed by atoms with van der Waals surface area (Å²) in [7, 11) is 0. The molecule has 5 heteroatoms. The van der Waals surface area contributed by atoms with Crippen molar-refractivity contribution in [1.82, 2.24) is 9.80 Å². The third-order valence-electron chi connectivity index (χ3n) is 4.19. The maximum atomic E-state index is 12.3. The number of benzene rings is 1. The molecule has 1 aliphatic rings. The van der Waals surface area contributed by atoms with E-state index >= 15 is 0 Å². The lowest BCUT2D eigenvalue weighted by Crippen LogP contribution is -2.55. The lowest BCUT2D eigenvalue weighted by atomic mass is 10.0. The first-order chi connectivity index (χ1) is 10.7. The number of amides is 1. The maximum Gasteiger partial charge on any atom is 0.410 e. The minimum atomic E-state index is -0.448. The number of piperazine rings is 1. The molecule has 1 unspecified atom stereocenters. The molecule has 1 aromatic rings. The summed E-state index contributed by atoms with van der Waals surface area (Å²) < 4.78 is 6.64. The molecule has 0 aromatic heterocycles. The average Bonchev–Trinajstić information content (AvgIpc) is 2.45. The molecule has 128 valence electrons. The van der Waals surface area contributed by atoms with Crippen LogP contribution >= 0.6 is 15.9 Å². The van der Waals surface area contributed by atoms with Gasteiger partial charge in [-0.2, -0.15) is 0 Å². The molecule has 0 N–H and O–H groups in total. The lowest BCUT2D eigenvalue weighted by Gasteiger charge is -2.42. The van der Waals surface area contributed by atoms with E-state index in [9.17, 15) is 4.79 Å². The van der Waals surface area contributed by atoms with Gasteiger partial charge in [-0.15, -0.1) is 0 Å². The Balaban J connectivity index is 2.01. The van der Waals surface area contributed by atoms with Crippen LogP contribution in [0.3, 0.4) is 0 Å². The molecule has 1 aliphatic heterocycles. The van der Waals surface area contributed by atoms with Crippen LogP contribution in [0.15, 0.2) is 28.7 Å². The summed E-state index contributed by atoms with van der Waals surface area (Å²) in [6.45, 7) is 12.4. The van der Waals surface area contributed by atoms with Gasteiger partial charge in [0.05, 0.1) is 0 Å². The highest BCUT2D eigenvalue weighted by molar-refractivity contribution is 9.10. The molecule has 0 aliphatic carbocycles. The molecule has 2 rings (SSSR count). The van der Waals surface area contributed by atoms with Crippen molar-refractivity contribution in [1.29, 1.82) is 0 Å². The Hall–Kier alpha value is -1.07. The second kappa shape index (κ2) is 7.22. The van der Waals surface area contributed by atoms with E-state index in [1.807, 2.05) is 31.7 Å². The summed E-state index contributed by atoms with van der Waals surface area (Å²) >= 11 is 3.64. The summed E-state index contributed by atoms with van der Waals surface area (Å²) in [5.41, 5.74) is 0.835. The van der Waals surface area contributed by atoms with Crippen molar-refractivity contribution in [3.63, 3.8) is 0 Å². The van der Waals surface area contributed by atoms with E-state index in [0.717, 1.165) is 17.6 Å². The molecular weight excluding hydrogens is 356 g/mol. The molecule has 0 bridgehead atoms. The molecule has 1 aromatic carbocycles. The predicted octanol–water partition coefficient (Wildman–Crippen LogP) is 4.45. The van der Waals surface area contributed by atoms with Crippen molar-refractivity contribution >= 4 is 22.0 Å². The fourth-order valence-electron chi connectivity index (χ4n) is 2.94. The Bertz CT molecular complexity index is 556. The number of halogens is 1. The number of carbonyl (C=O) groups is 1. The zero-order valence-corrected chi connectivity index (χ0v) is 16.3. The van der Waals surface area contributed by atoms with Crippen molar-refractivity contribution in [2.45, 2.75) is 52.3 Å². The summed E-state index contributed by atoms with van der Waals surface area (Å²) in [6, 6.07) is 8.78. The van der Waals surface area contributed by atoms with Gasteiger partial charge in [0, 0.05) is 36.2 Å². The van der Waals surface area contributed by atoms with Crippen LogP contribution < -0.4 is 0 Å². The van der Waals surface area contributed by atoms with Crippen molar-refractivity contribution < 1.29 is 9.53 Å². The highest BCUT2D eigenvalue weighted by atomic mass is 79.9. The Kier molecular flexibility index (Phi) is 5.74. The van der Waals surface area contributed by atoms with Crippen LogP contribution in [0.2, 0.25) is 0 Å². The maximum absolute atomic E-state index is 12.3. The molecule has 0 spiro atoms. The van der Waals surface area contributed by atoms with E-state index in [0.29, 0.717) is 12.6 Å². The fraction of sp³-hybridized carbons (Fsp3) is 0.611. The van der Waals surface area contributed by atoms with Crippen LogP contribution in [-0.2, 0) is 4.74 Å². The number of hydrogen-bond donors (Lipinski definition) is 0. The molecular formula is C18H27BrN2O2. The van der Waals surface area contributed by atoms with Crippen LogP contribution in [0.5, 0.6) is 0 Å². The molecule has 23 heavy (non-hydrogen) atoms. The van der Waals surface area contributed by atoms with Crippen molar-refractivity contribution in [2.75, 3.05) is 19.6 Å². The average molecular weight is 383 g/mol. The highest BCUT2D eigenvalue weighted by Gasteiger charge is 2.32. The largest absolute Gasteiger partial charge is 0.444 e. The van der Waals surface area contributed by atoms with Gasteiger partial charge in [-0.3, -0.25) is 4.90 Å². The van der Waals surface area contributed by atoms with Crippen LogP contribution in [-0.4, -0.2) is 47.2 Å². The van der Waals surface area contributed by atoms with Gasteiger partial charge >= 0.3 is 6.09 Å². The first kappa shape index (κ1) is 18.3. The van der Waals surface area contributed by atoms with E-state index in [1.165, 1.54) is 5.56 Å². The molecule has 2 atom stereocenters. The molecule has 4 nitrogen and oxygen atoms in total. The molecule has 1 amide bonds. The van der Waals surface area contributed by atoms with E-state index in [4.69, 9.17) is 4.74 Å². The van der Waals surface area contributed by atoms with E-state index < -0.39 is 5.60 Å². The predicted molar refractivity (Wildman–Crippen MR) is 96.5 cm³/mol. The minimum Gasteiger partial charge on any atom is -0.444 e. The van der Waals surface area contributed by atoms with Crippen molar-refractivity contribution in [2.24, 2.45) is 0 Å². The zero-order chi connectivity index (χ0) is 17.2. The number of ether oxygens (including phenoxy) is 1. The van der Waals surface area contributed by atoms with E-state index in [2.05, 4.69) is 52.9 Å². The van der Waals surface area contributed by atoms with Gasteiger partial charge in [-0.05, 0) is 46.2 Å². The first-order valence-corrected chi connectivity index (χ1v) is 8.96. The third kappa shape index (κ3) is 4.70. The third-order valence-corrected chi connectivity index (χ3v) is 4.91. The summed E-state index contributed by atoms with van der Waals surface area (Å²) in [6.07, 6.45) is -0.210. The number of nitrogens with zero attached hydrogens (tertiary/aromatic N) is 2. The second-order valence-electron chi connectivity index (χ2n) is 7.22. The number of hydrogen-bond acceptors (Lipinski definition) is 3. The van der Waals surface area contributed by atoms with Crippen LogP contribution in [0.25, 0.3) is 0 Å². The molecule has 1 saturated heterocycles. The van der Waals surface area contributed by atoms with Gasteiger partial charge in [-0.25, -0.2) is 4.79 Å². The van der Waals surface area contributed by atoms with Crippen LogP contribution in [0.4, 0.5) is 4.79 Å². The number of carbonyl (C=O) groups excluding carboxylic acids is 1.